The normalized spacial score (nSPS) is 11.5. The number of benzene rings is 2. The van der Waals surface area contributed by atoms with E-state index in [0.29, 0.717) is 16.3 Å². The standard InChI is InChI=1S/C22H23N3O3S/c1-15(7-8-16-9-11-19(26)12-10-16)23-22(28)25-18-5-2-4-17(14-18)24-21(27)20-6-3-13-29-20/h2-6,9-15,26H,7-8H2,1H3,(H,24,27)(H2,23,25,28)/t15-/m0/s1. The van der Waals surface area contributed by atoms with Gasteiger partial charge in [0.2, 0.25) is 0 Å². The maximum absolute atomic E-state index is 12.3. The number of aromatic hydroxyl groups is 1. The number of amides is 3. The van der Waals surface area contributed by atoms with Gasteiger partial charge in [-0.25, -0.2) is 4.79 Å². The quantitative estimate of drug-likeness (QED) is 0.450. The van der Waals surface area contributed by atoms with Crippen molar-refractivity contribution < 1.29 is 14.7 Å². The molecule has 0 saturated heterocycles. The van der Waals surface area contributed by atoms with Gasteiger partial charge < -0.3 is 21.1 Å². The van der Waals surface area contributed by atoms with Crippen LogP contribution in [0.25, 0.3) is 0 Å². The number of hydrogen-bond acceptors (Lipinski definition) is 4. The number of hydrogen-bond donors (Lipinski definition) is 4. The number of carbonyl (C=O) groups excluding carboxylic acids is 2. The zero-order chi connectivity index (χ0) is 20.6. The first-order valence-electron chi connectivity index (χ1n) is 9.30. The molecule has 4 N–H and O–H groups in total. The number of aryl methyl sites for hydroxylation is 1. The third-order valence-electron chi connectivity index (χ3n) is 4.30. The van der Waals surface area contributed by atoms with Gasteiger partial charge in [-0.3, -0.25) is 4.79 Å². The maximum atomic E-state index is 12.3. The summed E-state index contributed by atoms with van der Waals surface area (Å²) in [7, 11) is 0. The molecule has 0 unspecified atom stereocenters. The molecule has 0 aliphatic carbocycles. The molecule has 0 radical (unpaired) electrons. The van der Waals surface area contributed by atoms with Gasteiger partial charge in [0.1, 0.15) is 5.75 Å². The van der Waals surface area contributed by atoms with Gasteiger partial charge in [-0.05, 0) is 67.1 Å². The van der Waals surface area contributed by atoms with Gasteiger partial charge in [-0.15, -0.1) is 11.3 Å². The Morgan fingerprint density at radius 3 is 2.41 bits per heavy atom. The Hall–Kier alpha value is -3.32. The summed E-state index contributed by atoms with van der Waals surface area (Å²) >= 11 is 1.37. The van der Waals surface area contributed by atoms with Crippen molar-refractivity contribution in [3.63, 3.8) is 0 Å². The Labute approximate surface area is 173 Å². The largest absolute Gasteiger partial charge is 0.508 e. The average molecular weight is 410 g/mol. The Morgan fingerprint density at radius 2 is 1.72 bits per heavy atom. The lowest BCUT2D eigenvalue weighted by molar-refractivity contribution is 0.103. The van der Waals surface area contributed by atoms with E-state index in [1.807, 2.05) is 30.5 Å². The van der Waals surface area contributed by atoms with Crippen molar-refractivity contribution in [3.05, 3.63) is 76.5 Å². The van der Waals surface area contributed by atoms with Crippen LogP contribution in [0.1, 0.15) is 28.6 Å². The summed E-state index contributed by atoms with van der Waals surface area (Å²) in [6.45, 7) is 1.94. The van der Waals surface area contributed by atoms with Gasteiger partial charge in [0.05, 0.1) is 4.88 Å². The van der Waals surface area contributed by atoms with Crippen molar-refractivity contribution in [2.75, 3.05) is 10.6 Å². The molecule has 1 aromatic heterocycles. The maximum Gasteiger partial charge on any atom is 0.319 e. The molecule has 7 heteroatoms. The summed E-state index contributed by atoms with van der Waals surface area (Å²) in [5, 5.41) is 19.7. The number of thiophene rings is 1. The lowest BCUT2D eigenvalue weighted by Crippen LogP contribution is -2.36. The number of phenolic OH excluding ortho intramolecular Hbond substituents is 1. The fourth-order valence-electron chi connectivity index (χ4n) is 2.78. The van der Waals surface area contributed by atoms with Crippen molar-refractivity contribution in [2.24, 2.45) is 0 Å². The molecule has 3 amide bonds. The minimum Gasteiger partial charge on any atom is -0.508 e. The first kappa shape index (κ1) is 20.4. The highest BCUT2D eigenvalue weighted by atomic mass is 32.1. The van der Waals surface area contributed by atoms with Gasteiger partial charge in [0, 0.05) is 17.4 Å². The highest BCUT2D eigenvalue weighted by Crippen LogP contribution is 2.18. The van der Waals surface area contributed by atoms with Crippen LogP contribution >= 0.6 is 11.3 Å². The molecule has 0 fully saturated rings. The highest BCUT2D eigenvalue weighted by Gasteiger charge is 2.10. The number of phenols is 1. The summed E-state index contributed by atoms with van der Waals surface area (Å²) in [5.41, 5.74) is 2.31. The van der Waals surface area contributed by atoms with E-state index >= 15 is 0 Å². The van der Waals surface area contributed by atoms with Crippen LogP contribution in [0.4, 0.5) is 16.2 Å². The second kappa shape index (κ2) is 9.75. The molecular weight excluding hydrogens is 386 g/mol. The third kappa shape index (κ3) is 6.36. The third-order valence-corrected chi connectivity index (χ3v) is 5.17. The monoisotopic (exact) mass is 409 g/mol. The zero-order valence-corrected chi connectivity index (χ0v) is 16.8. The van der Waals surface area contributed by atoms with Gasteiger partial charge in [0.15, 0.2) is 0 Å². The molecule has 0 aliphatic heterocycles. The molecule has 3 rings (SSSR count). The molecule has 3 aromatic rings. The van der Waals surface area contributed by atoms with Crippen LogP contribution in [-0.4, -0.2) is 23.1 Å². The SMILES string of the molecule is C[C@@H](CCc1ccc(O)cc1)NC(=O)Nc1cccc(NC(=O)c2cccs2)c1. The molecule has 150 valence electrons. The molecule has 0 aliphatic rings. The molecule has 2 aromatic carbocycles. The molecule has 0 saturated carbocycles. The number of carbonyl (C=O) groups is 2. The van der Waals surface area contributed by atoms with Crippen LogP contribution < -0.4 is 16.0 Å². The van der Waals surface area contributed by atoms with Gasteiger partial charge in [-0.1, -0.05) is 24.3 Å². The second-order valence-electron chi connectivity index (χ2n) is 6.72. The number of anilines is 2. The summed E-state index contributed by atoms with van der Waals surface area (Å²) in [6, 6.07) is 17.3. The summed E-state index contributed by atoms with van der Waals surface area (Å²) < 4.78 is 0. The van der Waals surface area contributed by atoms with Crippen molar-refractivity contribution in [1.29, 1.82) is 0 Å². The molecule has 0 spiro atoms. The fourth-order valence-corrected chi connectivity index (χ4v) is 3.40. The Balaban J connectivity index is 1.48. The lowest BCUT2D eigenvalue weighted by atomic mass is 10.1. The van der Waals surface area contributed by atoms with E-state index in [9.17, 15) is 14.7 Å². The Kier molecular flexibility index (Phi) is 6.86. The topological polar surface area (TPSA) is 90.5 Å². The van der Waals surface area contributed by atoms with E-state index in [2.05, 4.69) is 16.0 Å². The summed E-state index contributed by atoms with van der Waals surface area (Å²) in [4.78, 5) is 25.0. The molecule has 1 atom stereocenters. The highest BCUT2D eigenvalue weighted by molar-refractivity contribution is 7.12. The van der Waals surface area contributed by atoms with E-state index in [-0.39, 0.29) is 23.7 Å². The predicted octanol–water partition coefficient (Wildman–Crippen LogP) is 4.85. The van der Waals surface area contributed by atoms with Crippen molar-refractivity contribution in [2.45, 2.75) is 25.8 Å². The van der Waals surface area contributed by atoms with Crippen LogP contribution in [0, 0.1) is 0 Å². The van der Waals surface area contributed by atoms with Crippen LogP contribution in [0.3, 0.4) is 0 Å². The molecule has 1 heterocycles. The molecule has 6 nitrogen and oxygen atoms in total. The van der Waals surface area contributed by atoms with E-state index in [1.54, 1.807) is 42.5 Å². The fraction of sp³-hybridized carbons (Fsp3) is 0.182. The lowest BCUT2D eigenvalue weighted by Gasteiger charge is -2.15. The van der Waals surface area contributed by atoms with Gasteiger partial charge in [-0.2, -0.15) is 0 Å². The van der Waals surface area contributed by atoms with E-state index in [4.69, 9.17) is 0 Å². The zero-order valence-electron chi connectivity index (χ0n) is 16.0. The molecule has 29 heavy (non-hydrogen) atoms. The number of nitrogens with one attached hydrogen (secondary N) is 3. The molecular formula is C22H23N3O3S. The predicted molar refractivity (Wildman–Crippen MR) is 117 cm³/mol. The van der Waals surface area contributed by atoms with Crippen LogP contribution in [-0.2, 0) is 6.42 Å². The van der Waals surface area contributed by atoms with Crippen LogP contribution in [0.2, 0.25) is 0 Å². The van der Waals surface area contributed by atoms with Gasteiger partial charge in [0.25, 0.3) is 5.91 Å². The smallest absolute Gasteiger partial charge is 0.319 e. The minimum atomic E-state index is -0.301. The summed E-state index contributed by atoms with van der Waals surface area (Å²) in [6.07, 6.45) is 1.57. The number of urea groups is 1. The first-order chi connectivity index (χ1) is 14.0. The Morgan fingerprint density at radius 1 is 1.00 bits per heavy atom. The minimum absolute atomic E-state index is 0.0227. The van der Waals surface area contributed by atoms with Crippen LogP contribution in [0.5, 0.6) is 5.75 Å². The van der Waals surface area contributed by atoms with Gasteiger partial charge >= 0.3 is 6.03 Å². The number of rotatable bonds is 7. The van der Waals surface area contributed by atoms with Crippen LogP contribution in [0.15, 0.2) is 66.0 Å². The summed E-state index contributed by atoms with van der Waals surface area (Å²) in [5.74, 6) is 0.0672. The van der Waals surface area contributed by atoms with Crippen molar-refractivity contribution in [3.8, 4) is 5.75 Å². The first-order valence-corrected chi connectivity index (χ1v) is 10.2. The molecule has 0 bridgehead atoms. The van der Waals surface area contributed by atoms with Crippen molar-refractivity contribution >= 4 is 34.6 Å². The van der Waals surface area contributed by atoms with E-state index < -0.39 is 0 Å². The van der Waals surface area contributed by atoms with E-state index in [1.165, 1.54) is 11.3 Å². The average Bonchev–Trinajstić information content (AvgIpc) is 3.23. The Bertz CT molecular complexity index is 956. The van der Waals surface area contributed by atoms with E-state index in [0.717, 1.165) is 18.4 Å². The van der Waals surface area contributed by atoms with Crippen molar-refractivity contribution in [1.82, 2.24) is 5.32 Å². The second-order valence-corrected chi connectivity index (χ2v) is 7.66.